The minimum absolute atomic E-state index is 0.319. The van der Waals surface area contributed by atoms with Crippen LogP contribution in [0.15, 0.2) is 18.2 Å². The van der Waals surface area contributed by atoms with Gasteiger partial charge in [0.2, 0.25) is 0 Å². The zero-order valence-electron chi connectivity index (χ0n) is 9.20. The Morgan fingerprint density at radius 2 is 2.35 bits per heavy atom. The monoisotopic (exact) mass is 257 g/mol. The summed E-state index contributed by atoms with van der Waals surface area (Å²) in [5.74, 6) is -1.22. The molecule has 0 amide bonds. The van der Waals surface area contributed by atoms with Crippen molar-refractivity contribution in [1.29, 1.82) is 0 Å². The van der Waals surface area contributed by atoms with Crippen molar-refractivity contribution in [3.63, 3.8) is 0 Å². The summed E-state index contributed by atoms with van der Waals surface area (Å²) >= 11 is 5.66. The lowest BCUT2D eigenvalue weighted by Crippen LogP contribution is -2.35. The molecule has 1 N–H and O–H groups in total. The molecule has 1 aliphatic heterocycles. The van der Waals surface area contributed by atoms with Gasteiger partial charge in [0.15, 0.2) is 0 Å². The van der Waals surface area contributed by atoms with E-state index < -0.39 is 12.0 Å². The van der Waals surface area contributed by atoms with Gasteiger partial charge in [-0.3, -0.25) is 9.69 Å². The van der Waals surface area contributed by atoms with Crippen LogP contribution in [0.25, 0.3) is 0 Å². The van der Waals surface area contributed by atoms with E-state index in [1.54, 1.807) is 17.0 Å². The van der Waals surface area contributed by atoms with Crippen molar-refractivity contribution in [2.24, 2.45) is 0 Å². The first-order chi connectivity index (χ1) is 8.08. The molecule has 2 rings (SSSR count). The predicted molar refractivity (Wildman–Crippen MR) is 62.5 cm³/mol. The smallest absolute Gasteiger partial charge is 0.320 e. The standard InChI is InChI=1S/C12H13ClFNO2/c13-9-4-3-8(10(14)6-9)7-15-5-1-2-11(15)12(16)17/h3-4,6,11H,1-2,5,7H2,(H,16,17). The third kappa shape index (κ3) is 2.76. The molecule has 17 heavy (non-hydrogen) atoms. The van der Waals surface area contributed by atoms with Gasteiger partial charge in [0.1, 0.15) is 11.9 Å². The summed E-state index contributed by atoms with van der Waals surface area (Å²) in [6.45, 7) is 1.01. The van der Waals surface area contributed by atoms with Gasteiger partial charge in [-0.05, 0) is 31.5 Å². The van der Waals surface area contributed by atoms with E-state index in [0.717, 1.165) is 6.42 Å². The third-order valence-corrected chi connectivity index (χ3v) is 3.27. The van der Waals surface area contributed by atoms with Gasteiger partial charge >= 0.3 is 5.97 Å². The first kappa shape index (κ1) is 12.3. The summed E-state index contributed by atoms with van der Waals surface area (Å²) in [4.78, 5) is 12.8. The number of carbonyl (C=O) groups is 1. The summed E-state index contributed by atoms with van der Waals surface area (Å²) < 4.78 is 13.6. The molecule has 1 heterocycles. The highest BCUT2D eigenvalue weighted by molar-refractivity contribution is 6.30. The molecule has 1 atom stereocenters. The number of aliphatic carboxylic acids is 1. The molecule has 0 aromatic heterocycles. The zero-order valence-corrected chi connectivity index (χ0v) is 9.95. The number of carboxylic acids is 1. The molecule has 1 fully saturated rings. The van der Waals surface area contributed by atoms with Crippen LogP contribution < -0.4 is 0 Å². The van der Waals surface area contributed by atoms with E-state index in [1.807, 2.05) is 0 Å². The lowest BCUT2D eigenvalue weighted by atomic mass is 10.1. The van der Waals surface area contributed by atoms with Gasteiger partial charge in [0.25, 0.3) is 0 Å². The molecule has 0 radical (unpaired) electrons. The SMILES string of the molecule is O=C(O)C1CCCN1Cc1ccc(Cl)cc1F. The Labute approximate surface area is 104 Å². The average Bonchev–Trinajstić information content (AvgIpc) is 2.70. The Morgan fingerprint density at radius 1 is 1.59 bits per heavy atom. The van der Waals surface area contributed by atoms with Gasteiger partial charge < -0.3 is 5.11 Å². The first-order valence-electron chi connectivity index (χ1n) is 5.48. The summed E-state index contributed by atoms with van der Waals surface area (Å²) in [6.07, 6.45) is 1.47. The predicted octanol–water partition coefficient (Wildman–Crippen LogP) is 2.53. The van der Waals surface area contributed by atoms with Crippen LogP contribution in [0.4, 0.5) is 4.39 Å². The molecule has 1 aliphatic rings. The van der Waals surface area contributed by atoms with Gasteiger partial charge in [-0.15, -0.1) is 0 Å². The second-order valence-electron chi connectivity index (χ2n) is 4.20. The fourth-order valence-corrected chi connectivity index (χ4v) is 2.32. The van der Waals surface area contributed by atoms with E-state index in [9.17, 15) is 9.18 Å². The molecule has 3 nitrogen and oxygen atoms in total. The number of rotatable bonds is 3. The van der Waals surface area contributed by atoms with Crippen LogP contribution in [0.2, 0.25) is 5.02 Å². The van der Waals surface area contributed by atoms with Crippen LogP contribution >= 0.6 is 11.6 Å². The van der Waals surface area contributed by atoms with Crippen molar-refractivity contribution in [3.8, 4) is 0 Å². The molecule has 1 aromatic rings. The lowest BCUT2D eigenvalue weighted by Gasteiger charge is -2.21. The molecule has 0 aliphatic carbocycles. The van der Waals surface area contributed by atoms with Crippen molar-refractivity contribution in [3.05, 3.63) is 34.6 Å². The van der Waals surface area contributed by atoms with Crippen LogP contribution in [0.3, 0.4) is 0 Å². The molecule has 0 bridgehead atoms. The molecule has 92 valence electrons. The largest absolute Gasteiger partial charge is 0.480 e. The molecular weight excluding hydrogens is 245 g/mol. The Morgan fingerprint density at radius 3 is 3.00 bits per heavy atom. The maximum Gasteiger partial charge on any atom is 0.320 e. The Hall–Kier alpha value is -1.13. The summed E-state index contributed by atoms with van der Waals surface area (Å²) in [5.41, 5.74) is 0.488. The lowest BCUT2D eigenvalue weighted by molar-refractivity contribution is -0.142. The number of carboxylic acid groups (broad SMARTS) is 1. The van der Waals surface area contributed by atoms with E-state index in [2.05, 4.69) is 0 Å². The molecular formula is C12H13ClFNO2. The molecule has 1 saturated heterocycles. The van der Waals surface area contributed by atoms with Crippen molar-refractivity contribution < 1.29 is 14.3 Å². The number of hydrogen-bond donors (Lipinski definition) is 1. The van der Waals surface area contributed by atoms with Crippen LogP contribution in [-0.4, -0.2) is 28.6 Å². The summed E-state index contributed by atoms with van der Waals surface area (Å²) in [7, 11) is 0. The fraction of sp³-hybridized carbons (Fsp3) is 0.417. The first-order valence-corrected chi connectivity index (χ1v) is 5.86. The van der Waals surface area contributed by atoms with E-state index in [1.165, 1.54) is 6.07 Å². The number of halogens is 2. The highest BCUT2D eigenvalue weighted by Crippen LogP contribution is 2.22. The second-order valence-corrected chi connectivity index (χ2v) is 4.64. The van der Waals surface area contributed by atoms with Crippen LogP contribution in [0.5, 0.6) is 0 Å². The van der Waals surface area contributed by atoms with Crippen molar-refractivity contribution in [2.75, 3.05) is 6.54 Å². The second kappa shape index (κ2) is 5.02. The van der Waals surface area contributed by atoms with Gasteiger partial charge in [-0.2, -0.15) is 0 Å². The summed E-state index contributed by atoms with van der Waals surface area (Å²) in [6, 6.07) is 3.98. The number of nitrogens with zero attached hydrogens (tertiary/aromatic N) is 1. The van der Waals surface area contributed by atoms with Crippen LogP contribution in [0, 0.1) is 5.82 Å². The van der Waals surface area contributed by atoms with Gasteiger partial charge in [-0.25, -0.2) is 4.39 Å². The Balaban J connectivity index is 2.12. The highest BCUT2D eigenvalue weighted by atomic mass is 35.5. The molecule has 1 unspecified atom stereocenters. The Bertz CT molecular complexity index is 439. The summed E-state index contributed by atoms with van der Waals surface area (Å²) in [5, 5.41) is 9.37. The normalized spacial score (nSPS) is 20.7. The van der Waals surface area contributed by atoms with Crippen molar-refractivity contribution in [1.82, 2.24) is 4.90 Å². The van der Waals surface area contributed by atoms with Gasteiger partial charge in [0.05, 0.1) is 0 Å². The van der Waals surface area contributed by atoms with E-state index in [0.29, 0.717) is 30.1 Å². The molecule has 5 heteroatoms. The number of hydrogen-bond acceptors (Lipinski definition) is 2. The molecule has 0 spiro atoms. The molecule has 1 aromatic carbocycles. The van der Waals surface area contributed by atoms with Crippen molar-refractivity contribution >= 4 is 17.6 Å². The molecule has 0 saturated carbocycles. The van der Waals surface area contributed by atoms with E-state index in [4.69, 9.17) is 16.7 Å². The minimum atomic E-state index is -0.836. The van der Waals surface area contributed by atoms with E-state index in [-0.39, 0.29) is 5.82 Å². The van der Waals surface area contributed by atoms with E-state index >= 15 is 0 Å². The Kier molecular flexibility index (Phi) is 3.64. The highest BCUT2D eigenvalue weighted by Gasteiger charge is 2.30. The van der Waals surface area contributed by atoms with Crippen LogP contribution in [-0.2, 0) is 11.3 Å². The van der Waals surface area contributed by atoms with Gasteiger partial charge in [0, 0.05) is 17.1 Å². The fourth-order valence-electron chi connectivity index (χ4n) is 2.16. The zero-order chi connectivity index (χ0) is 12.4. The van der Waals surface area contributed by atoms with Crippen molar-refractivity contribution in [2.45, 2.75) is 25.4 Å². The number of benzene rings is 1. The quantitative estimate of drug-likeness (QED) is 0.905. The third-order valence-electron chi connectivity index (χ3n) is 3.04. The minimum Gasteiger partial charge on any atom is -0.480 e. The topological polar surface area (TPSA) is 40.5 Å². The maximum absolute atomic E-state index is 13.6. The van der Waals surface area contributed by atoms with Crippen LogP contribution in [0.1, 0.15) is 18.4 Å². The average molecular weight is 258 g/mol. The maximum atomic E-state index is 13.6. The van der Waals surface area contributed by atoms with Gasteiger partial charge in [-0.1, -0.05) is 17.7 Å². The number of likely N-dealkylation sites (tertiary alicyclic amines) is 1.